The first kappa shape index (κ1) is 11.9. The molecular formula is C13H13ClN2O. The maximum Gasteiger partial charge on any atom is 0.170 e. The largest absolute Gasteiger partial charge is 0.294 e. The molecule has 1 aromatic carbocycles. The number of rotatable bonds is 3. The van der Waals surface area contributed by atoms with Gasteiger partial charge in [-0.05, 0) is 24.6 Å². The van der Waals surface area contributed by atoms with Crippen LogP contribution in [0.5, 0.6) is 0 Å². The summed E-state index contributed by atoms with van der Waals surface area (Å²) in [5.74, 6) is -0.00241. The second-order valence-electron chi connectivity index (χ2n) is 4.02. The number of nitrogens with zero attached hydrogens (tertiary/aromatic N) is 2. The summed E-state index contributed by atoms with van der Waals surface area (Å²) in [4.78, 5) is 12.1. The molecule has 0 unspecified atom stereocenters. The van der Waals surface area contributed by atoms with Crippen LogP contribution < -0.4 is 0 Å². The molecule has 0 aliphatic carbocycles. The van der Waals surface area contributed by atoms with Crippen molar-refractivity contribution in [3.8, 4) is 0 Å². The fourth-order valence-electron chi connectivity index (χ4n) is 1.68. The van der Waals surface area contributed by atoms with Crippen LogP contribution in [0, 0.1) is 6.92 Å². The Morgan fingerprint density at radius 1 is 1.41 bits per heavy atom. The van der Waals surface area contributed by atoms with Crippen LogP contribution in [0.15, 0.2) is 30.5 Å². The van der Waals surface area contributed by atoms with E-state index in [2.05, 4.69) is 5.10 Å². The van der Waals surface area contributed by atoms with Crippen molar-refractivity contribution >= 4 is 17.4 Å². The molecule has 0 saturated carbocycles. The minimum atomic E-state index is -0.00241. The van der Waals surface area contributed by atoms with Gasteiger partial charge in [0.2, 0.25) is 0 Å². The van der Waals surface area contributed by atoms with Crippen LogP contribution in [0.25, 0.3) is 0 Å². The van der Waals surface area contributed by atoms with E-state index in [9.17, 15) is 4.79 Å². The summed E-state index contributed by atoms with van der Waals surface area (Å²) in [7, 11) is 1.83. The summed E-state index contributed by atoms with van der Waals surface area (Å²) >= 11 is 6.11. The second kappa shape index (κ2) is 4.72. The van der Waals surface area contributed by atoms with Gasteiger partial charge < -0.3 is 0 Å². The molecule has 1 heterocycles. The van der Waals surface area contributed by atoms with Gasteiger partial charge in [0.1, 0.15) is 0 Å². The van der Waals surface area contributed by atoms with Crippen LogP contribution in [-0.2, 0) is 13.5 Å². The third-order valence-electron chi connectivity index (χ3n) is 2.60. The van der Waals surface area contributed by atoms with Gasteiger partial charge in [0.15, 0.2) is 5.78 Å². The molecule has 17 heavy (non-hydrogen) atoms. The Labute approximate surface area is 105 Å². The summed E-state index contributed by atoms with van der Waals surface area (Å²) in [5.41, 5.74) is 2.24. The molecule has 0 atom stereocenters. The van der Waals surface area contributed by atoms with Gasteiger partial charge in [0.25, 0.3) is 0 Å². The van der Waals surface area contributed by atoms with Crippen molar-refractivity contribution in [1.29, 1.82) is 0 Å². The molecule has 4 heteroatoms. The van der Waals surface area contributed by atoms with Gasteiger partial charge in [-0.2, -0.15) is 5.10 Å². The highest BCUT2D eigenvalue weighted by Gasteiger charge is 2.13. The van der Waals surface area contributed by atoms with Gasteiger partial charge in [0.05, 0.1) is 17.1 Å². The SMILES string of the molecule is Cc1cccc(C(=O)Cc2ccn(C)n2)c1Cl. The molecule has 1 aromatic heterocycles. The van der Waals surface area contributed by atoms with E-state index < -0.39 is 0 Å². The van der Waals surface area contributed by atoms with Gasteiger partial charge >= 0.3 is 0 Å². The first-order chi connectivity index (χ1) is 8.08. The summed E-state index contributed by atoms with van der Waals surface area (Å²) < 4.78 is 1.68. The molecule has 0 radical (unpaired) electrons. The predicted molar refractivity (Wildman–Crippen MR) is 67.4 cm³/mol. The number of benzene rings is 1. The predicted octanol–water partition coefficient (Wildman–Crippen LogP) is 2.81. The smallest absolute Gasteiger partial charge is 0.170 e. The summed E-state index contributed by atoms with van der Waals surface area (Å²) in [5, 5.41) is 4.72. The van der Waals surface area contributed by atoms with Gasteiger partial charge in [-0.25, -0.2) is 0 Å². The Kier molecular flexibility index (Phi) is 3.29. The van der Waals surface area contributed by atoms with Crippen LogP contribution in [-0.4, -0.2) is 15.6 Å². The first-order valence-electron chi connectivity index (χ1n) is 5.35. The molecule has 0 amide bonds. The van der Waals surface area contributed by atoms with E-state index in [-0.39, 0.29) is 12.2 Å². The topological polar surface area (TPSA) is 34.9 Å². The molecule has 88 valence electrons. The fourth-order valence-corrected chi connectivity index (χ4v) is 1.91. The van der Waals surface area contributed by atoms with Crippen molar-refractivity contribution in [1.82, 2.24) is 9.78 Å². The lowest BCUT2D eigenvalue weighted by atomic mass is 10.0. The van der Waals surface area contributed by atoms with Crippen LogP contribution in [0.4, 0.5) is 0 Å². The number of aromatic nitrogens is 2. The lowest BCUT2D eigenvalue weighted by molar-refractivity contribution is 0.0992. The van der Waals surface area contributed by atoms with E-state index in [4.69, 9.17) is 11.6 Å². The normalized spacial score (nSPS) is 10.5. The highest BCUT2D eigenvalue weighted by atomic mass is 35.5. The average molecular weight is 249 g/mol. The lowest BCUT2D eigenvalue weighted by Crippen LogP contribution is -2.06. The molecule has 0 bridgehead atoms. The van der Waals surface area contributed by atoms with Crippen molar-refractivity contribution < 1.29 is 4.79 Å². The van der Waals surface area contributed by atoms with Crippen molar-refractivity contribution in [2.24, 2.45) is 7.05 Å². The van der Waals surface area contributed by atoms with Gasteiger partial charge in [0, 0.05) is 18.8 Å². The molecule has 0 aliphatic rings. The Bertz CT molecular complexity index is 560. The fraction of sp³-hybridized carbons (Fsp3) is 0.231. The van der Waals surface area contributed by atoms with Gasteiger partial charge in [-0.15, -0.1) is 0 Å². The maximum absolute atomic E-state index is 12.1. The van der Waals surface area contributed by atoms with E-state index in [1.54, 1.807) is 10.7 Å². The van der Waals surface area contributed by atoms with Crippen LogP contribution in [0.2, 0.25) is 5.02 Å². The monoisotopic (exact) mass is 248 g/mol. The van der Waals surface area contributed by atoms with Crippen molar-refractivity contribution in [3.63, 3.8) is 0 Å². The van der Waals surface area contributed by atoms with Gasteiger partial charge in [-0.3, -0.25) is 9.48 Å². The van der Waals surface area contributed by atoms with E-state index in [0.29, 0.717) is 10.6 Å². The molecule has 2 rings (SSSR count). The molecule has 0 N–H and O–H groups in total. The number of carbonyl (C=O) groups is 1. The molecule has 0 fully saturated rings. The Morgan fingerprint density at radius 2 is 2.18 bits per heavy atom. The van der Waals surface area contributed by atoms with Crippen molar-refractivity contribution in [2.75, 3.05) is 0 Å². The summed E-state index contributed by atoms with van der Waals surface area (Å²) in [6.07, 6.45) is 2.10. The van der Waals surface area contributed by atoms with E-state index >= 15 is 0 Å². The first-order valence-corrected chi connectivity index (χ1v) is 5.72. The molecule has 0 saturated heterocycles. The van der Waals surface area contributed by atoms with Crippen LogP contribution in [0.3, 0.4) is 0 Å². The Morgan fingerprint density at radius 3 is 2.82 bits per heavy atom. The highest BCUT2D eigenvalue weighted by Crippen LogP contribution is 2.21. The summed E-state index contributed by atoms with van der Waals surface area (Å²) in [6, 6.07) is 7.31. The zero-order valence-electron chi connectivity index (χ0n) is 9.77. The standard InChI is InChI=1S/C13H13ClN2O/c1-9-4-3-5-11(13(9)14)12(17)8-10-6-7-16(2)15-10/h3-7H,8H2,1-2H3. The zero-order chi connectivity index (χ0) is 12.4. The number of Topliss-reactive ketones (excluding diaryl/α,β-unsaturated/α-hetero) is 1. The molecular weight excluding hydrogens is 236 g/mol. The lowest BCUT2D eigenvalue weighted by Gasteiger charge is -2.04. The minimum Gasteiger partial charge on any atom is -0.294 e. The van der Waals surface area contributed by atoms with Crippen LogP contribution >= 0.6 is 11.6 Å². The third-order valence-corrected chi connectivity index (χ3v) is 3.10. The number of hydrogen-bond acceptors (Lipinski definition) is 2. The number of aryl methyl sites for hydroxylation is 2. The Hall–Kier alpha value is -1.61. The molecule has 0 aliphatic heterocycles. The highest BCUT2D eigenvalue weighted by molar-refractivity contribution is 6.34. The average Bonchev–Trinajstić information content (AvgIpc) is 2.68. The van der Waals surface area contributed by atoms with Crippen molar-refractivity contribution in [3.05, 3.63) is 52.3 Å². The number of carbonyl (C=O) groups excluding carboxylic acids is 1. The van der Waals surface area contributed by atoms with E-state index in [1.807, 2.05) is 38.4 Å². The molecule has 0 spiro atoms. The van der Waals surface area contributed by atoms with E-state index in [1.165, 1.54) is 0 Å². The zero-order valence-corrected chi connectivity index (χ0v) is 10.5. The van der Waals surface area contributed by atoms with E-state index in [0.717, 1.165) is 11.3 Å². The van der Waals surface area contributed by atoms with Gasteiger partial charge in [-0.1, -0.05) is 23.7 Å². The maximum atomic E-state index is 12.1. The number of halogens is 1. The molecule has 3 nitrogen and oxygen atoms in total. The van der Waals surface area contributed by atoms with Crippen LogP contribution in [0.1, 0.15) is 21.6 Å². The summed E-state index contributed by atoms with van der Waals surface area (Å²) in [6.45, 7) is 1.89. The third kappa shape index (κ3) is 2.56. The Balaban J connectivity index is 2.23. The number of hydrogen-bond donors (Lipinski definition) is 0. The number of ketones is 1. The molecule has 2 aromatic rings. The quantitative estimate of drug-likeness (QED) is 0.783. The second-order valence-corrected chi connectivity index (χ2v) is 4.40. The minimum absolute atomic E-state index is 0.00241. The van der Waals surface area contributed by atoms with Crippen molar-refractivity contribution in [2.45, 2.75) is 13.3 Å².